The van der Waals surface area contributed by atoms with E-state index < -0.39 is 11.9 Å². The first-order valence-corrected chi connectivity index (χ1v) is 13.8. The summed E-state index contributed by atoms with van der Waals surface area (Å²) < 4.78 is 1.61. The van der Waals surface area contributed by atoms with E-state index in [1.165, 1.54) is 24.0 Å². The Balaban J connectivity index is 1.26. The summed E-state index contributed by atoms with van der Waals surface area (Å²) >= 11 is 7.36. The number of rotatable bonds is 10. The third-order valence-electron chi connectivity index (χ3n) is 7.24. The van der Waals surface area contributed by atoms with Crippen LogP contribution >= 0.6 is 22.9 Å². The van der Waals surface area contributed by atoms with Gasteiger partial charge in [0.1, 0.15) is 6.04 Å². The molecule has 38 heavy (non-hydrogen) atoms. The van der Waals surface area contributed by atoms with Gasteiger partial charge in [0.15, 0.2) is 5.69 Å². The quantitative estimate of drug-likeness (QED) is 0.298. The lowest BCUT2D eigenvalue weighted by Crippen LogP contribution is -2.44. The first kappa shape index (κ1) is 26.2. The van der Waals surface area contributed by atoms with Gasteiger partial charge in [-0.25, -0.2) is 4.98 Å². The summed E-state index contributed by atoms with van der Waals surface area (Å²) in [6.07, 6.45) is 8.82. The Morgan fingerprint density at radius 2 is 1.97 bits per heavy atom. The van der Waals surface area contributed by atoms with Gasteiger partial charge in [-0.3, -0.25) is 19.1 Å². The van der Waals surface area contributed by atoms with E-state index in [1.54, 1.807) is 36.3 Å². The van der Waals surface area contributed by atoms with Crippen LogP contribution in [-0.2, 0) is 11.8 Å². The SMILES string of the molecule is CC(Nc1cc(Cl)cnc1C(N)=O)c1ccc(C(=O)N[C@@H](CC2CC3CC3C2)C(=O)Nc2cnn(C)c2)s1. The van der Waals surface area contributed by atoms with E-state index in [2.05, 4.69) is 26.0 Å². The summed E-state index contributed by atoms with van der Waals surface area (Å²) in [4.78, 5) is 43.5. The van der Waals surface area contributed by atoms with Crippen molar-refractivity contribution in [1.82, 2.24) is 20.1 Å². The molecule has 3 aromatic rings. The maximum atomic E-state index is 13.2. The van der Waals surface area contributed by atoms with Crippen molar-refractivity contribution in [3.8, 4) is 0 Å². The van der Waals surface area contributed by atoms with Gasteiger partial charge in [-0.15, -0.1) is 11.3 Å². The van der Waals surface area contributed by atoms with Crippen molar-refractivity contribution in [3.63, 3.8) is 0 Å². The Kier molecular flexibility index (Phi) is 7.40. The molecule has 3 unspecified atom stereocenters. The molecule has 2 aliphatic rings. The molecule has 2 saturated carbocycles. The van der Waals surface area contributed by atoms with E-state index in [9.17, 15) is 14.4 Å². The number of pyridine rings is 1. The molecule has 5 rings (SSSR count). The lowest BCUT2D eigenvalue weighted by molar-refractivity contribution is -0.118. The van der Waals surface area contributed by atoms with Crippen LogP contribution in [0, 0.1) is 17.8 Å². The van der Waals surface area contributed by atoms with Crippen molar-refractivity contribution in [3.05, 3.63) is 57.3 Å². The number of primary amides is 1. The molecule has 2 aliphatic carbocycles. The molecular weight excluding hydrogens is 526 g/mol. The standard InChI is InChI=1S/C26H30ClN7O3S/c1-13(31-19-9-17(27)10-29-23(19)24(28)35)21-3-4-22(38-21)26(37)33-20(7-14-5-15-8-16(15)6-14)25(36)32-18-11-30-34(2)12-18/h3-4,9-16,20,31H,5-8H2,1-2H3,(H2,28,35)(H,32,36)(H,33,37)/t13?,14?,15?,16?,20-/m0/s1. The predicted octanol–water partition coefficient (Wildman–Crippen LogP) is 3.98. The molecule has 0 spiro atoms. The van der Waals surface area contributed by atoms with Crippen LogP contribution in [0.3, 0.4) is 0 Å². The van der Waals surface area contributed by atoms with Gasteiger partial charge in [0, 0.05) is 24.3 Å². The molecule has 12 heteroatoms. The summed E-state index contributed by atoms with van der Waals surface area (Å²) in [7, 11) is 1.78. The van der Waals surface area contributed by atoms with Crippen LogP contribution < -0.4 is 21.7 Å². The second-order valence-corrected chi connectivity index (χ2v) is 11.8. The van der Waals surface area contributed by atoms with Crippen molar-refractivity contribution in [2.24, 2.45) is 30.5 Å². The summed E-state index contributed by atoms with van der Waals surface area (Å²) in [6, 6.07) is 4.26. The molecule has 3 amide bonds. The second kappa shape index (κ2) is 10.7. The van der Waals surface area contributed by atoms with Crippen molar-refractivity contribution in [2.45, 2.75) is 44.7 Å². The number of halogens is 1. The van der Waals surface area contributed by atoms with E-state index >= 15 is 0 Å². The number of fused-ring (bicyclic) bond motifs is 1. The lowest BCUT2D eigenvalue weighted by atomic mass is 9.94. The normalized spacial score (nSPS) is 21.3. The highest BCUT2D eigenvalue weighted by Crippen LogP contribution is 2.55. The number of thiophene rings is 1. The average molecular weight is 556 g/mol. The maximum absolute atomic E-state index is 13.2. The number of carbonyl (C=O) groups is 3. The van der Waals surface area contributed by atoms with E-state index in [1.807, 2.05) is 13.0 Å². The Labute approximate surface area is 229 Å². The van der Waals surface area contributed by atoms with Gasteiger partial charge >= 0.3 is 0 Å². The number of amides is 3. The summed E-state index contributed by atoms with van der Waals surface area (Å²) in [5, 5.41) is 13.5. The highest BCUT2D eigenvalue weighted by atomic mass is 35.5. The monoisotopic (exact) mass is 555 g/mol. The number of nitrogens with one attached hydrogen (secondary N) is 3. The highest BCUT2D eigenvalue weighted by molar-refractivity contribution is 7.14. The van der Waals surface area contributed by atoms with Gasteiger partial charge < -0.3 is 21.7 Å². The molecule has 3 heterocycles. The van der Waals surface area contributed by atoms with E-state index in [4.69, 9.17) is 17.3 Å². The van der Waals surface area contributed by atoms with E-state index in [0.717, 1.165) is 29.6 Å². The Hall–Kier alpha value is -3.44. The van der Waals surface area contributed by atoms with Crippen LogP contribution in [-0.4, -0.2) is 38.5 Å². The van der Waals surface area contributed by atoms with Crippen LogP contribution in [0.15, 0.2) is 36.8 Å². The largest absolute Gasteiger partial charge is 0.376 e. The molecule has 4 atom stereocenters. The molecule has 3 aromatic heterocycles. The average Bonchev–Trinajstić information content (AvgIpc) is 3.25. The van der Waals surface area contributed by atoms with E-state index in [0.29, 0.717) is 33.6 Å². The molecule has 10 nitrogen and oxygen atoms in total. The van der Waals surface area contributed by atoms with Gasteiger partial charge in [-0.2, -0.15) is 5.10 Å². The number of aromatic nitrogens is 3. The third kappa shape index (κ3) is 5.99. The zero-order valence-corrected chi connectivity index (χ0v) is 22.7. The summed E-state index contributed by atoms with van der Waals surface area (Å²) in [6.45, 7) is 1.90. The van der Waals surface area contributed by atoms with E-state index in [-0.39, 0.29) is 23.6 Å². The number of anilines is 2. The second-order valence-electron chi connectivity index (χ2n) is 10.2. The zero-order chi connectivity index (χ0) is 27.0. The Morgan fingerprint density at radius 1 is 1.21 bits per heavy atom. The van der Waals surface area contributed by atoms with Gasteiger partial charge in [0.25, 0.3) is 11.8 Å². The fourth-order valence-electron chi connectivity index (χ4n) is 5.30. The summed E-state index contributed by atoms with van der Waals surface area (Å²) in [5.74, 6) is 0.791. The molecule has 0 radical (unpaired) electrons. The maximum Gasteiger partial charge on any atom is 0.269 e. The van der Waals surface area contributed by atoms with Gasteiger partial charge in [0.2, 0.25) is 5.91 Å². The summed E-state index contributed by atoms with van der Waals surface area (Å²) in [5.41, 5.74) is 6.53. The van der Waals surface area contributed by atoms with Crippen molar-refractivity contribution >= 4 is 52.0 Å². The van der Waals surface area contributed by atoms with Gasteiger partial charge in [-0.05, 0) is 68.6 Å². The van der Waals surface area contributed by atoms with Crippen LogP contribution in [0.2, 0.25) is 5.02 Å². The van der Waals surface area contributed by atoms with Gasteiger partial charge in [0.05, 0.1) is 33.5 Å². The van der Waals surface area contributed by atoms with Crippen LogP contribution in [0.4, 0.5) is 11.4 Å². The van der Waals surface area contributed by atoms with Crippen LogP contribution in [0.5, 0.6) is 0 Å². The number of nitrogens with two attached hydrogens (primary N) is 1. The van der Waals surface area contributed by atoms with Crippen molar-refractivity contribution in [2.75, 3.05) is 10.6 Å². The lowest BCUT2D eigenvalue weighted by Gasteiger charge is -2.22. The third-order valence-corrected chi connectivity index (χ3v) is 8.71. The Bertz CT molecular complexity index is 1360. The van der Waals surface area contributed by atoms with Crippen LogP contribution in [0.1, 0.15) is 63.7 Å². The Morgan fingerprint density at radius 3 is 2.66 bits per heavy atom. The molecule has 2 fully saturated rings. The molecule has 0 saturated heterocycles. The van der Waals surface area contributed by atoms with Crippen molar-refractivity contribution in [1.29, 1.82) is 0 Å². The molecule has 200 valence electrons. The molecule has 0 aliphatic heterocycles. The van der Waals surface area contributed by atoms with Gasteiger partial charge in [-0.1, -0.05) is 11.6 Å². The molecular formula is C26H30ClN7O3S. The minimum absolute atomic E-state index is 0.0859. The first-order chi connectivity index (χ1) is 18.2. The topological polar surface area (TPSA) is 144 Å². The predicted molar refractivity (Wildman–Crippen MR) is 146 cm³/mol. The number of nitrogens with zero attached hydrogens (tertiary/aromatic N) is 3. The fourth-order valence-corrected chi connectivity index (χ4v) is 6.37. The minimum atomic E-state index is -0.669. The molecule has 0 aromatic carbocycles. The molecule has 0 bridgehead atoms. The fraction of sp³-hybridized carbons (Fsp3) is 0.423. The van der Waals surface area contributed by atoms with Crippen molar-refractivity contribution < 1.29 is 14.4 Å². The molecule has 5 N–H and O–H groups in total. The first-order valence-electron chi connectivity index (χ1n) is 12.6. The van der Waals surface area contributed by atoms with Crippen LogP contribution in [0.25, 0.3) is 0 Å². The number of hydrogen-bond donors (Lipinski definition) is 4. The minimum Gasteiger partial charge on any atom is -0.376 e. The number of carbonyl (C=O) groups excluding carboxylic acids is 3. The number of hydrogen-bond acceptors (Lipinski definition) is 7. The highest BCUT2D eigenvalue weighted by Gasteiger charge is 2.46. The smallest absolute Gasteiger partial charge is 0.269 e. The zero-order valence-electron chi connectivity index (χ0n) is 21.1. The number of aryl methyl sites for hydroxylation is 1.